The number of hydrazine groups is 1. The monoisotopic (exact) mass is 634 g/mol. The number of nitrogens with two attached hydrogens (primary N) is 2. The van der Waals surface area contributed by atoms with Gasteiger partial charge in [-0.25, -0.2) is 19.0 Å². The summed E-state index contributed by atoms with van der Waals surface area (Å²) in [6.07, 6.45) is 0.790. The second-order valence-electron chi connectivity index (χ2n) is 8.80. The Hall–Kier alpha value is -3.53. The van der Waals surface area contributed by atoms with E-state index in [-0.39, 0.29) is 24.4 Å². The summed E-state index contributed by atoms with van der Waals surface area (Å²) in [7, 11) is 0. The average molecular weight is 635 g/mol. The Morgan fingerprint density at radius 2 is 1.64 bits per heavy atom. The van der Waals surface area contributed by atoms with Gasteiger partial charge in [-0.3, -0.25) is 19.4 Å². The molecule has 0 aliphatic heterocycles. The summed E-state index contributed by atoms with van der Waals surface area (Å²) in [5.74, 6) is -0.455. The first-order valence-electron chi connectivity index (χ1n) is 12.2. The Labute approximate surface area is 249 Å². The Morgan fingerprint density at radius 3 is 2.19 bits per heavy atom. The molecule has 0 fully saturated rings. The van der Waals surface area contributed by atoms with E-state index in [9.17, 15) is 27.6 Å². The molecule has 4 unspecified atom stereocenters. The van der Waals surface area contributed by atoms with Crippen molar-refractivity contribution in [3.63, 3.8) is 0 Å². The van der Waals surface area contributed by atoms with Crippen LogP contribution in [-0.2, 0) is 33.3 Å². The number of aromatic nitrogens is 1. The number of hydrogen-bond acceptors (Lipinski definition) is 12. The molecule has 0 aliphatic rings. The van der Waals surface area contributed by atoms with Crippen LogP contribution in [-0.4, -0.2) is 64.8 Å². The van der Waals surface area contributed by atoms with Gasteiger partial charge in [-0.1, -0.05) is 23.4 Å². The molecule has 2 aromatic rings. The van der Waals surface area contributed by atoms with Crippen molar-refractivity contribution in [3.05, 3.63) is 64.8 Å². The summed E-state index contributed by atoms with van der Waals surface area (Å²) < 4.78 is 62.8. The third-order valence-corrected chi connectivity index (χ3v) is 6.55. The zero-order chi connectivity index (χ0) is 31.6. The smallest absolute Gasteiger partial charge is 0.303 e. The lowest BCUT2D eigenvalue weighted by Gasteiger charge is -2.33. The first-order chi connectivity index (χ1) is 19.7. The van der Waals surface area contributed by atoms with E-state index in [0.29, 0.717) is 22.1 Å². The molecule has 4 atom stereocenters. The number of esters is 3. The molecule has 0 saturated carbocycles. The van der Waals surface area contributed by atoms with E-state index in [1.54, 1.807) is 6.07 Å². The third-order valence-electron chi connectivity index (χ3n) is 5.20. The number of carbonyl (C=O) groups excluding carboxylic acids is 3. The summed E-state index contributed by atoms with van der Waals surface area (Å²) in [5, 5.41) is 1.26. The van der Waals surface area contributed by atoms with Gasteiger partial charge in [0.15, 0.2) is 23.6 Å². The van der Waals surface area contributed by atoms with E-state index in [4.69, 9.17) is 42.1 Å². The zero-order valence-corrected chi connectivity index (χ0v) is 24.6. The van der Waals surface area contributed by atoms with Crippen LogP contribution in [0.5, 0.6) is 0 Å². The summed E-state index contributed by atoms with van der Waals surface area (Å²) >= 11 is 7.09. The predicted octanol–water partition coefficient (Wildman–Crippen LogP) is 3.54. The molecule has 1 aromatic carbocycles. The predicted molar refractivity (Wildman–Crippen MR) is 147 cm³/mol. The minimum atomic E-state index is -1.66. The van der Waals surface area contributed by atoms with Crippen molar-refractivity contribution in [2.75, 3.05) is 13.2 Å². The maximum absolute atomic E-state index is 13.7. The van der Waals surface area contributed by atoms with Crippen LogP contribution in [0.4, 0.5) is 13.2 Å². The normalized spacial score (nSPS) is 14.4. The van der Waals surface area contributed by atoms with E-state index < -0.39 is 59.1 Å². The molecule has 2 rings (SSSR count). The van der Waals surface area contributed by atoms with Crippen molar-refractivity contribution in [1.29, 1.82) is 0 Å². The van der Waals surface area contributed by atoms with Gasteiger partial charge in [0.25, 0.3) is 0 Å². The van der Waals surface area contributed by atoms with Crippen molar-refractivity contribution < 1.29 is 46.5 Å². The Bertz CT molecular complexity index is 1280. The van der Waals surface area contributed by atoms with Gasteiger partial charge in [-0.05, 0) is 25.1 Å². The van der Waals surface area contributed by atoms with Gasteiger partial charge >= 0.3 is 17.9 Å². The standard InChI is InChI=1S/C26H30ClF3N4O7S/c1-13(39-15(3)36)24(12-38-14(2)35)41-26(42-19-7-18(27)8-33-9-19)23(40-16(4)37)11-34(32)10-22(31)17-5-20(28)25(30)21(29)6-17/h5-10,13,23-24,26H,11-12,31-32H2,1-4H3/b22-10-. The second-order valence-corrected chi connectivity index (χ2v) is 10.4. The number of nitrogens with zero attached hydrogens (tertiary/aromatic N) is 2. The number of carbonyl (C=O) groups is 3. The van der Waals surface area contributed by atoms with Crippen LogP contribution in [0.15, 0.2) is 41.7 Å². The van der Waals surface area contributed by atoms with Gasteiger partial charge in [0, 0.05) is 49.8 Å². The summed E-state index contributed by atoms with van der Waals surface area (Å²) in [5.41, 5.74) is 4.38. The fourth-order valence-electron chi connectivity index (χ4n) is 3.41. The van der Waals surface area contributed by atoms with Gasteiger partial charge in [0.05, 0.1) is 17.3 Å². The number of halogens is 4. The Balaban J connectivity index is 2.45. The minimum absolute atomic E-state index is 0.199. The van der Waals surface area contributed by atoms with Crippen LogP contribution < -0.4 is 11.6 Å². The number of pyridine rings is 1. The number of thioether (sulfide) groups is 1. The highest BCUT2D eigenvalue weighted by atomic mass is 35.5. The van der Waals surface area contributed by atoms with Gasteiger partial charge in [0.1, 0.15) is 24.3 Å². The molecule has 42 heavy (non-hydrogen) atoms. The van der Waals surface area contributed by atoms with Gasteiger partial charge in [-0.15, -0.1) is 0 Å². The highest BCUT2D eigenvalue weighted by Crippen LogP contribution is 2.31. The summed E-state index contributed by atoms with van der Waals surface area (Å²) in [4.78, 5) is 39.7. The molecule has 16 heteroatoms. The Kier molecular flexibility index (Phi) is 13.4. The topological polar surface area (TPSA) is 156 Å². The molecule has 4 N–H and O–H groups in total. The average Bonchev–Trinajstić information content (AvgIpc) is 2.87. The molecule has 0 radical (unpaired) electrons. The second kappa shape index (κ2) is 16.2. The fourth-order valence-corrected chi connectivity index (χ4v) is 4.72. The highest BCUT2D eigenvalue weighted by molar-refractivity contribution is 7.99. The molecule has 1 aromatic heterocycles. The molecular weight excluding hydrogens is 605 g/mol. The van der Waals surface area contributed by atoms with E-state index in [2.05, 4.69) is 4.98 Å². The van der Waals surface area contributed by atoms with Gasteiger partial charge < -0.3 is 29.7 Å². The Morgan fingerprint density at radius 1 is 1.02 bits per heavy atom. The molecule has 1 heterocycles. The van der Waals surface area contributed by atoms with Crippen molar-refractivity contribution in [2.45, 2.75) is 56.3 Å². The third kappa shape index (κ3) is 11.4. The quantitative estimate of drug-likeness (QED) is 0.0594. The SMILES string of the molecule is CC(=O)OCC(OC(Sc1cncc(Cl)c1)C(CN(N)/C=C(\N)c1cc(F)c(F)c(F)c1)OC(C)=O)C(C)OC(C)=O. The molecular formula is C26H30ClF3N4O7S. The van der Waals surface area contributed by atoms with Crippen molar-refractivity contribution in [1.82, 2.24) is 9.99 Å². The maximum Gasteiger partial charge on any atom is 0.303 e. The lowest BCUT2D eigenvalue weighted by molar-refractivity contribution is -0.170. The summed E-state index contributed by atoms with van der Waals surface area (Å²) in [6, 6.07) is 2.93. The first kappa shape index (κ1) is 34.7. The van der Waals surface area contributed by atoms with E-state index >= 15 is 0 Å². The maximum atomic E-state index is 13.7. The van der Waals surface area contributed by atoms with E-state index in [1.165, 1.54) is 33.2 Å². The number of hydrogen-bond donors (Lipinski definition) is 2. The van der Waals surface area contributed by atoms with E-state index in [1.807, 2.05) is 0 Å². The largest absolute Gasteiger partial charge is 0.463 e. The molecule has 0 aliphatic carbocycles. The van der Waals surface area contributed by atoms with Gasteiger partial charge in [0.2, 0.25) is 0 Å². The highest BCUT2D eigenvalue weighted by Gasteiger charge is 2.34. The van der Waals surface area contributed by atoms with Crippen LogP contribution >= 0.6 is 23.4 Å². The van der Waals surface area contributed by atoms with Crippen LogP contribution in [0, 0.1) is 17.5 Å². The first-order valence-corrected chi connectivity index (χ1v) is 13.5. The van der Waals surface area contributed by atoms with Crippen LogP contribution in [0.1, 0.15) is 33.3 Å². The molecule has 0 amide bonds. The molecule has 230 valence electrons. The zero-order valence-electron chi connectivity index (χ0n) is 23.0. The number of rotatable bonds is 14. The van der Waals surface area contributed by atoms with Crippen LogP contribution in [0.2, 0.25) is 5.02 Å². The molecule has 11 nitrogen and oxygen atoms in total. The molecule has 0 saturated heterocycles. The lowest BCUT2D eigenvalue weighted by atomic mass is 10.1. The molecule has 0 spiro atoms. The van der Waals surface area contributed by atoms with Gasteiger partial charge in [-0.2, -0.15) is 0 Å². The van der Waals surface area contributed by atoms with Crippen molar-refractivity contribution in [2.24, 2.45) is 11.6 Å². The van der Waals surface area contributed by atoms with Crippen molar-refractivity contribution in [3.8, 4) is 0 Å². The lowest BCUT2D eigenvalue weighted by Crippen LogP contribution is -2.46. The summed E-state index contributed by atoms with van der Waals surface area (Å²) in [6.45, 7) is 4.39. The number of benzene rings is 1. The number of ether oxygens (including phenoxy) is 4. The molecule has 0 bridgehead atoms. The van der Waals surface area contributed by atoms with Crippen LogP contribution in [0.3, 0.4) is 0 Å². The van der Waals surface area contributed by atoms with E-state index in [0.717, 1.165) is 29.9 Å². The fraction of sp³-hybridized carbons (Fsp3) is 0.385. The van der Waals surface area contributed by atoms with Crippen LogP contribution in [0.25, 0.3) is 5.70 Å². The van der Waals surface area contributed by atoms with Crippen molar-refractivity contribution >= 4 is 47.0 Å². The minimum Gasteiger partial charge on any atom is -0.463 e.